The highest BCUT2D eigenvalue weighted by atomic mass is 16.5. The second kappa shape index (κ2) is 6.00. The molecule has 1 aliphatic heterocycles. The van der Waals surface area contributed by atoms with Gasteiger partial charge in [0, 0.05) is 18.3 Å². The molecule has 24 heavy (non-hydrogen) atoms. The zero-order valence-corrected chi connectivity index (χ0v) is 14.2. The van der Waals surface area contributed by atoms with E-state index in [1.165, 1.54) is 4.90 Å². The number of likely N-dealkylation sites (N-methyl/N-ethyl adjacent to an activating group) is 1. The lowest BCUT2D eigenvalue weighted by Gasteiger charge is -2.30. The third-order valence-corrected chi connectivity index (χ3v) is 4.42. The minimum atomic E-state index is -0.517. The van der Waals surface area contributed by atoms with Gasteiger partial charge >= 0.3 is 0 Å². The molecule has 0 saturated heterocycles. The molecule has 2 aromatic carbocycles. The molecular formula is C19H20N2O3. The van der Waals surface area contributed by atoms with Crippen LogP contribution in [0.15, 0.2) is 36.4 Å². The molecule has 1 atom stereocenters. The fraction of sp³-hybridized carbons (Fsp3) is 0.263. The van der Waals surface area contributed by atoms with E-state index in [1.807, 2.05) is 32.0 Å². The Morgan fingerprint density at radius 2 is 1.96 bits per heavy atom. The maximum atomic E-state index is 12.6. The van der Waals surface area contributed by atoms with Crippen LogP contribution in [0.5, 0.6) is 5.75 Å². The normalized spacial score (nSPS) is 16.4. The minimum Gasteiger partial charge on any atom is -0.479 e. The number of rotatable bonds is 2. The van der Waals surface area contributed by atoms with Gasteiger partial charge in [0.2, 0.25) is 0 Å². The summed E-state index contributed by atoms with van der Waals surface area (Å²) in [6.07, 6.45) is -0.517. The Balaban J connectivity index is 1.89. The van der Waals surface area contributed by atoms with Gasteiger partial charge in [-0.1, -0.05) is 12.1 Å². The van der Waals surface area contributed by atoms with Crippen LogP contribution in [0.3, 0.4) is 0 Å². The molecule has 1 aliphatic rings. The van der Waals surface area contributed by atoms with Crippen LogP contribution in [0.4, 0.5) is 11.4 Å². The Hall–Kier alpha value is -2.82. The van der Waals surface area contributed by atoms with Crippen LogP contribution in [0, 0.1) is 13.8 Å². The van der Waals surface area contributed by atoms with Gasteiger partial charge in [-0.2, -0.15) is 0 Å². The van der Waals surface area contributed by atoms with Crippen molar-refractivity contribution in [3.63, 3.8) is 0 Å². The van der Waals surface area contributed by atoms with Crippen molar-refractivity contribution in [3.05, 3.63) is 53.1 Å². The number of fused-ring (bicyclic) bond motifs is 1. The lowest BCUT2D eigenvalue weighted by atomic mass is 10.1. The molecule has 0 aromatic heterocycles. The van der Waals surface area contributed by atoms with Crippen LogP contribution >= 0.6 is 0 Å². The molecule has 2 aromatic rings. The van der Waals surface area contributed by atoms with Gasteiger partial charge in [0.05, 0.1) is 5.69 Å². The number of nitrogens with zero attached hydrogens (tertiary/aromatic N) is 1. The summed E-state index contributed by atoms with van der Waals surface area (Å²) >= 11 is 0. The minimum absolute atomic E-state index is 0.130. The Morgan fingerprint density at radius 3 is 2.71 bits per heavy atom. The zero-order chi connectivity index (χ0) is 17.4. The van der Waals surface area contributed by atoms with Crippen LogP contribution in [-0.2, 0) is 4.79 Å². The number of carbonyl (C=O) groups is 2. The third-order valence-electron chi connectivity index (χ3n) is 4.42. The fourth-order valence-corrected chi connectivity index (χ4v) is 2.73. The van der Waals surface area contributed by atoms with E-state index in [-0.39, 0.29) is 11.8 Å². The Labute approximate surface area is 141 Å². The van der Waals surface area contributed by atoms with E-state index >= 15 is 0 Å². The average Bonchev–Trinajstić information content (AvgIpc) is 2.56. The number of hydrogen-bond acceptors (Lipinski definition) is 3. The van der Waals surface area contributed by atoms with Gasteiger partial charge in [-0.3, -0.25) is 9.59 Å². The summed E-state index contributed by atoms with van der Waals surface area (Å²) in [6.45, 7) is 5.69. The summed E-state index contributed by atoms with van der Waals surface area (Å²) in [7, 11) is 1.69. The van der Waals surface area contributed by atoms with E-state index in [9.17, 15) is 9.59 Å². The van der Waals surface area contributed by atoms with E-state index in [1.54, 1.807) is 32.2 Å². The molecule has 0 aliphatic carbocycles. The molecule has 0 fully saturated rings. The van der Waals surface area contributed by atoms with Crippen molar-refractivity contribution in [1.82, 2.24) is 0 Å². The summed E-state index contributed by atoms with van der Waals surface area (Å²) in [5.41, 5.74) is 4.02. The molecule has 124 valence electrons. The fourth-order valence-electron chi connectivity index (χ4n) is 2.73. The van der Waals surface area contributed by atoms with Crippen LogP contribution < -0.4 is 15.0 Å². The lowest BCUT2D eigenvalue weighted by molar-refractivity contribution is -0.125. The molecule has 0 saturated carbocycles. The Morgan fingerprint density at radius 1 is 1.21 bits per heavy atom. The number of hydrogen-bond donors (Lipinski definition) is 1. The first-order valence-electron chi connectivity index (χ1n) is 7.84. The highest BCUT2D eigenvalue weighted by molar-refractivity contribution is 6.07. The van der Waals surface area contributed by atoms with E-state index in [0.29, 0.717) is 17.0 Å². The predicted molar refractivity (Wildman–Crippen MR) is 93.8 cm³/mol. The lowest BCUT2D eigenvalue weighted by Crippen LogP contribution is -2.42. The molecule has 0 bridgehead atoms. The van der Waals surface area contributed by atoms with E-state index < -0.39 is 6.10 Å². The number of ether oxygens (including phenoxy) is 1. The number of anilines is 2. The van der Waals surface area contributed by atoms with Crippen LogP contribution in [0.1, 0.15) is 28.4 Å². The largest absolute Gasteiger partial charge is 0.479 e. The van der Waals surface area contributed by atoms with Gasteiger partial charge in [-0.05, 0) is 56.2 Å². The van der Waals surface area contributed by atoms with E-state index in [0.717, 1.165) is 16.8 Å². The van der Waals surface area contributed by atoms with Crippen molar-refractivity contribution in [1.29, 1.82) is 0 Å². The van der Waals surface area contributed by atoms with Gasteiger partial charge in [0.15, 0.2) is 6.10 Å². The van der Waals surface area contributed by atoms with Crippen molar-refractivity contribution in [3.8, 4) is 5.75 Å². The van der Waals surface area contributed by atoms with Crippen molar-refractivity contribution in [2.24, 2.45) is 0 Å². The molecule has 2 amide bonds. The number of amides is 2. The van der Waals surface area contributed by atoms with Crippen molar-refractivity contribution in [2.45, 2.75) is 26.9 Å². The Kier molecular flexibility index (Phi) is 4.01. The molecule has 5 heteroatoms. The predicted octanol–water partition coefficient (Wildman–Crippen LogP) is 3.30. The SMILES string of the molecule is Cc1cccc(NC(=O)c2ccc3c(c2)N(C)C(=O)C(C)O3)c1C. The molecule has 3 rings (SSSR count). The van der Waals surface area contributed by atoms with Gasteiger partial charge in [-0.25, -0.2) is 0 Å². The molecule has 5 nitrogen and oxygen atoms in total. The van der Waals surface area contributed by atoms with Gasteiger partial charge < -0.3 is 15.0 Å². The molecule has 0 spiro atoms. The highest BCUT2D eigenvalue weighted by Crippen LogP contribution is 2.34. The second-order valence-electron chi connectivity index (χ2n) is 6.04. The molecule has 1 unspecified atom stereocenters. The average molecular weight is 324 g/mol. The van der Waals surface area contributed by atoms with E-state index in [4.69, 9.17) is 4.74 Å². The van der Waals surface area contributed by atoms with Gasteiger partial charge in [0.1, 0.15) is 5.75 Å². The first-order chi connectivity index (χ1) is 11.4. The number of nitrogens with one attached hydrogen (secondary N) is 1. The van der Waals surface area contributed by atoms with Crippen LogP contribution in [0.25, 0.3) is 0 Å². The Bertz CT molecular complexity index is 829. The van der Waals surface area contributed by atoms with Crippen molar-refractivity contribution in [2.75, 3.05) is 17.3 Å². The van der Waals surface area contributed by atoms with Crippen LogP contribution in [-0.4, -0.2) is 25.0 Å². The monoisotopic (exact) mass is 324 g/mol. The summed E-state index contributed by atoms with van der Waals surface area (Å²) < 4.78 is 5.58. The smallest absolute Gasteiger partial charge is 0.267 e. The molecule has 0 radical (unpaired) electrons. The number of carbonyl (C=O) groups excluding carboxylic acids is 2. The summed E-state index contributed by atoms with van der Waals surface area (Å²) in [5, 5.41) is 2.93. The second-order valence-corrected chi connectivity index (χ2v) is 6.04. The molecular weight excluding hydrogens is 304 g/mol. The van der Waals surface area contributed by atoms with Crippen molar-refractivity contribution < 1.29 is 14.3 Å². The topological polar surface area (TPSA) is 58.6 Å². The summed E-state index contributed by atoms with van der Waals surface area (Å²) in [4.78, 5) is 26.1. The van der Waals surface area contributed by atoms with Gasteiger partial charge in [0.25, 0.3) is 11.8 Å². The first-order valence-corrected chi connectivity index (χ1v) is 7.84. The van der Waals surface area contributed by atoms with E-state index in [2.05, 4.69) is 5.32 Å². The summed E-state index contributed by atoms with van der Waals surface area (Å²) in [5.74, 6) is 0.258. The highest BCUT2D eigenvalue weighted by Gasteiger charge is 2.29. The first kappa shape index (κ1) is 16.1. The van der Waals surface area contributed by atoms with Gasteiger partial charge in [-0.15, -0.1) is 0 Å². The van der Waals surface area contributed by atoms with Crippen molar-refractivity contribution >= 4 is 23.2 Å². The molecule has 1 N–H and O–H groups in total. The third kappa shape index (κ3) is 2.73. The maximum Gasteiger partial charge on any atom is 0.267 e. The molecule has 1 heterocycles. The van der Waals surface area contributed by atoms with Crippen LogP contribution in [0.2, 0.25) is 0 Å². The quantitative estimate of drug-likeness (QED) is 0.922. The zero-order valence-electron chi connectivity index (χ0n) is 14.2. The standard InChI is InChI=1S/C19H20N2O3/c1-11-6-5-7-15(12(11)2)20-18(22)14-8-9-17-16(10-14)21(4)19(23)13(3)24-17/h5-10,13H,1-4H3,(H,20,22). The number of aryl methyl sites for hydroxylation is 1. The maximum absolute atomic E-state index is 12.6. The summed E-state index contributed by atoms with van der Waals surface area (Å²) in [6, 6.07) is 10.9. The number of benzene rings is 2.